The summed E-state index contributed by atoms with van der Waals surface area (Å²) in [6.45, 7) is 4.47. The Morgan fingerprint density at radius 2 is 1.95 bits per heavy atom. The van der Waals surface area contributed by atoms with Crippen LogP contribution < -0.4 is 5.32 Å². The highest BCUT2D eigenvalue weighted by Gasteiger charge is 2.49. The van der Waals surface area contributed by atoms with Crippen molar-refractivity contribution in [3.05, 3.63) is 35.9 Å². The zero-order valence-corrected chi connectivity index (χ0v) is 12.8. The number of benzene rings is 1. The van der Waals surface area contributed by atoms with Crippen molar-refractivity contribution in [3.8, 4) is 0 Å². The molecule has 0 aromatic heterocycles. The molecule has 1 aromatic rings. The number of methoxy groups -OCH3 is 1. The molecular weight excluding hydrogens is 268 g/mol. The van der Waals surface area contributed by atoms with Gasteiger partial charge in [0.1, 0.15) is 11.6 Å². The molecule has 2 amide bonds. The van der Waals surface area contributed by atoms with Crippen LogP contribution in [0.2, 0.25) is 0 Å². The van der Waals surface area contributed by atoms with Gasteiger partial charge in [-0.05, 0) is 18.9 Å². The molecule has 2 atom stereocenters. The minimum atomic E-state index is -0.997. The van der Waals surface area contributed by atoms with E-state index in [4.69, 9.17) is 4.74 Å². The fourth-order valence-electron chi connectivity index (χ4n) is 2.73. The number of nitrogens with one attached hydrogen (secondary N) is 1. The van der Waals surface area contributed by atoms with Crippen LogP contribution in [0.4, 0.5) is 0 Å². The predicted octanol–water partition coefficient (Wildman–Crippen LogP) is 1.29. The van der Waals surface area contributed by atoms with Crippen LogP contribution in [-0.2, 0) is 19.9 Å². The van der Waals surface area contributed by atoms with Crippen LogP contribution >= 0.6 is 0 Å². The van der Waals surface area contributed by atoms with E-state index < -0.39 is 11.6 Å². The second-order valence-electron chi connectivity index (χ2n) is 5.36. The van der Waals surface area contributed by atoms with Crippen molar-refractivity contribution in [2.75, 3.05) is 20.3 Å². The third-order valence-corrected chi connectivity index (χ3v) is 4.11. The standard InChI is InChI=1S/C16H22N2O3/c1-4-13-14(19)18(10-11-21-3)16(2,15(20)17-13)12-8-6-5-7-9-12/h5-9,13H,4,10-11H2,1-3H3,(H,17,20). The molecule has 5 heteroatoms. The maximum absolute atomic E-state index is 12.7. The minimum Gasteiger partial charge on any atom is -0.383 e. The van der Waals surface area contributed by atoms with Crippen molar-refractivity contribution < 1.29 is 14.3 Å². The summed E-state index contributed by atoms with van der Waals surface area (Å²) in [5.74, 6) is -0.197. The van der Waals surface area contributed by atoms with E-state index in [1.54, 1.807) is 18.9 Å². The minimum absolute atomic E-state index is 0.0551. The van der Waals surface area contributed by atoms with Gasteiger partial charge in [-0.25, -0.2) is 0 Å². The number of carbonyl (C=O) groups is 2. The molecule has 1 saturated heterocycles. The number of carbonyl (C=O) groups excluding carboxylic acids is 2. The molecule has 114 valence electrons. The van der Waals surface area contributed by atoms with Gasteiger partial charge in [-0.1, -0.05) is 37.3 Å². The monoisotopic (exact) mass is 290 g/mol. The van der Waals surface area contributed by atoms with E-state index in [0.717, 1.165) is 5.56 Å². The lowest BCUT2D eigenvalue weighted by molar-refractivity contribution is -0.158. The van der Waals surface area contributed by atoms with E-state index in [2.05, 4.69) is 5.32 Å². The van der Waals surface area contributed by atoms with E-state index in [0.29, 0.717) is 19.6 Å². The molecule has 1 aromatic carbocycles. The smallest absolute Gasteiger partial charge is 0.251 e. The van der Waals surface area contributed by atoms with Crippen molar-refractivity contribution in [2.45, 2.75) is 31.8 Å². The lowest BCUT2D eigenvalue weighted by atomic mass is 9.85. The van der Waals surface area contributed by atoms with Crippen LogP contribution in [0.1, 0.15) is 25.8 Å². The molecule has 1 aliphatic rings. The molecule has 1 fully saturated rings. The summed E-state index contributed by atoms with van der Waals surface area (Å²) in [6, 6.07) is 8.94. The molecule has 1 aliphatic heterocycles. The van der Waals surface area contributed by atoms with Gasteiger partial charge in [0.2, 0.25) is 5.91 Å². The third-order valence-electron chi connectivity index (χ3n) is 4.11. The van der Waals surface area contributed by atoms with E-state index in [9.17, 15) is 9.59 Å². The normalized spacial score (nSPS) is 25.9. The quantitative estimate of drug-likeness (QED) is 0.889. The number of rotatable bonds is 5. The molecule has 2 unspecified atom stereocenters. The Kier molecular flexibility index (Phi) is 4.63. The number of hydrogen-bond donors (Lipinski definition) is 1. The highest BCUT2D eigenvalue weighted by atomic mass is 16.5. The number of ether oxygens (including phenoxy) is 1. The van der Waals surface area contributed by atoms with Gasteiger partial charge in [0.05, 0.1) is 6.61 Å². The van der Waals surface area contributed by atoms with Gasteiger partial charge < -0.3 is 15.0 Å². The maximum Gasteiger partial charge on any atom is 0.251 e. The van der Waals surface area contributed by atoms with E-state index in [-0.39, 0.29) is 11.8 Å². The van der Waals surface area contributed by atoms with Gasteiger partial charge >= 0.3 is 0 Å². The predicted molar refractivity (Wildman–Crippen MR) is 79.6 cm³/mol. The van der Waals surface area contributed by atoms with Gasteiger partial charge in [-0.3, -0.25) is 9.59 Å². The molecule has 1 N–H and O–H groups in total. The number of piperazine rings is 1. The maximum atomic E-state index is 12.7. The van der Waals surface area contributed by atoms with Gasteiger partial charge in [0.15, 0.2) is 0 Å². The molecule has 0 aliphatic carbocycles. The van der Waals surface area contributed by atoms with Gasteiger partial charge in [-0.2, -0.15) is 0 Å². The molecule has 2 rings (SSSR count). The fourth-order valence-corrected chi connectivity index (χ4v) is 2.73. The Balaban J connectivity index is 2.44. The first kappa shape index (κ1) is 15.5. The average Bonchev–Trinajstić information content (AvgIpc) is 2.51. The first-order chi connectivity index (χ1) is 10.1. The third kappa shape index (κ3) is 2.65. The number of nitrogens with zero attached hydrogens (tertiary/aromatic N) is 1. The Bertz CT molecular complexity index is 518. The second-order valence-corrected chi connectivity index (χ2v) is 5.36. The molecule has 5 nitrogen and oxygen atoms in total. The lowest BCUT2D eigenvalue weighted by Crippen LogP contribution is -2.68. The van der Waals surface area contributed by atoms with E-state index >= 15 is 0 Å². The highest BCUT2D eigenvalue weighted by Crippen LogP contribution is 2.32. The first-order valence-corrected chi connectivity index (χ1v) is 7.22. The highest BCUT2D eigenvalue weighted by molar-refractivity contribution is 6.00. The van der Waals surface area contributed by atoms with Gasteiger partial charge in [-0.15, -0.1) is 0 Å². The molecular formula is C16H22N2O3. The summed E-state index contributed by atoms with van der Waals surface area (Å²) in [7, 11) is 1.59. The Hall–Kier alpha value is -1.88. The summed E-state index contributed by atoms with van der Waals surface area (Å²) in [6.07, 6.45) is 0.582. The number of amides is 2. The molecule has 0 bridgehead atoms. The van der Waals surface area contributed by atoms with Crippen molar-refractivity contribution in [3.63, 3.8) is 0 Å². The number of hydrogen-bond acceptors (Lipinski definition) is 3. The molecule has 21 heavy (non-hydrogen) atoms. The summed E-state index contributed by atoms with van der Waals surface area (Å²) in [5.41, 5.74) is -0.191. The summed E-state index contributed by atoms with van der Waals surface area (Å²) < 4.78 is 5.10. The van der Waals surface area contributed by atoms with Crippen LogP contribution in [0, 0.1) is 0 Å². The van der Waals surface area contributed by atoms with Crippen molar-refractivity contribution >= 4 is 11.8 Å². The van der Waals surface area contributed by atoms with E-state index in [1.807, 2.05) is 37.3 Å². The Labute approximate surface area is 125 Å². The molecule has 1 heterocycles. The van der Waals surface area contributed by atoms with Gasteiger partial charge in [0.25, 0.3) is 5.91 Å². The average molecular weight is 290 g/mol. The van der Waals surface area contributed by atoms with Crippen LogP contribution in [-0.4, -0.2) is 43.0 Å². The van der Waals surface area contributed by atoms with Crippen LogP contribution in [0.25, 0.3) is 0 Å². The first-order valence-electron chi connectivity index (χ1n) is 7.22. The fraction of sp³-hybridized carbons (Fsp3) is 0.500. The largest absolute Gasteiger partial charge is 0.383 e. The van der Waals surface area contributed by atoms with Crippen LogP contribution in [0.15, 0.2) is 30.3 Å². The Morgan fingerprint density at radius 1 is 1.29 bits per heavy atom. The van der Waals surface area contributed by atoms with Crippen LogP contribution in [0.5, 0.6) is 0 Å². The summed E-state index contributed by atoms with van der Waals surface area (Å²) >= 11 is 0. The lowest BCUT2D eigenvalue weighted by Gasteiger charge is -2.46. The zero-order chi connectivity index (χ0) is 15.5. The summed E-state index contributed by atoms with van der Waals surface area (Å²) in [5, 5.41) is 2.84. The topological polar surface area (TPSA) is 58.6 Å². The van der Waals surface area contributed by atoms with E-state index in [1.165, 1.54) is 0 Å². The molecule has 0 radical (unpaired) electrons. The summed E-state index contributed by atoms with van der Waals surface area (Å²) in [4.78, 5) is 26.9. The SMILES string of the molecule is CCC1NC(=O)C(C)(c2ccccc2)N(CCOC)C1=O. The molecule has 0 saturated carbocycles. The van der Waals surface area contributed by atoms with Crippen molar-refractivity contribution in [1.82, 2.24) is 10.2 Å². The van der Waals surface area contributed by atoms with Crippen LogP contribution in [0.3, 0.4) is 0 Å². The second kappa shape index (κ2) is 6.26. The van der Waals surface area contributed by atoms with Crippen molar-refractivity contribution in [1.29, 1.82) is 0 Å². The molecule has 0 spiro atoms. The van der Waals surface area contributed by atoms with Crippen molar-refractivity contribution in [2.24, 2.45) is 0 Å². The zero-order valence-electron chi connectivity index (χ0n) is 12.8. The van der Waals surface area contributed by atoms with Gasteiger partial charge in [0, 0.05) is 13.7 Å². The Morgan fingerprint density at radius 3 is 2.52 bits per heavy atom.